The normalized spacial score (nSPS) is 10.9. The van der Waals surface area contributed by atoms with E-state index in [4.69, 9.17) is 0 Å². The highest BCUT2D eigenvalue weighted by atomic mass is 32.2. The third-order valence-corrected chi connectivity index (χ3v) is 3.63. The molecule has 2 nitrogen and oxygen atoms in total. The second-order valence-electron chi connectivity index (χ2n) is 4.24. The summed E-state index contributed by atoms with van der Waals surface area (Å²) < 4.78 is 0. The Morgan fingerprint density at radius 3 is 2.75 bits per heavy atom. The number of benzene rings is 1. The standard InChI is InChI=1S/C13H16N2S/c1-8(2)7-16-13-14-11-5-9(3)10(4)6-12(11)15-13/h5-6H,1,7H2,2-4H3,(H,14,15). The Balaban J connectivity index is 2.33. The van der Waals surface area contributed by atoms with E-state index in [1.54, 1.807) is 11.8 Å². The van der Waals surface area contributed by atoms with Gasteiger partial charge in [-0.15, -0.1) is 0 Å². The number of imidazole rings is 1. The summed E-state index contributed by atoms with van der Waals surface area (Å²) in [4.78, 5) is 7.88. The fourth-order valence-corrected chi connectivity index (χ4v) is 2.23. The Morgan fingerprint density at radius 2 is 2.06 bits per heavy atom. The average Bonchev–Trinajstić information content (AvgIpc) is 2.58. The van der Waals surface area contributed by atoms with E-state index in [0.29, 0.717) is 0 Å². The minimum Gasteiger partial charge on any atom is -0.333 e. The highest BCUT2D eigenvalue weighted by Crippen LogP contribution is 2.23. The lowest BCUT2D eigenvalue weighted by atomic mass is 10.1. The first-order valence-corrected chi connectivity index (χ1v) is 6.29. The monoisotopic (exact) mass is 232 g/mol. The lowest BCUT2D eigenvalue weighted by molar-refractivity contribution is 1.08. The minimum atomic E-state index is 0.914. The molecule has 84 valence electrons. The summed E-state index contributed by atoms with van der Waals surface area (Å²) in [6.45, 7) is 10.2. The molecule has 3 heteroatoms. The van der Waals surface area contributed by atoms with Gasteiger partial charge < -0.3 is 4.98 Å². The minimum absolute atomic E-state index is 0.914. The Labute approximate surface area is 100 Å². The molecule has 0 unspecified atom stereocenters. The van der Waals surface area contributed by atoms with Crippen LogP contribution in [0.15, 0.2) is 29.4 Å². The second kappa shape index (κ2) is 4.34. The van der Waals surface area contributed by atoms with Crippen LogP contribution in [0, 0.1) is 13.8 Å². The summed E-state index contributed by atoms with van der Waals surface area (Å²) >= 11 is 1.70. The van der Waals surface area contributed by atoms with Crippen LogP contribution in [0.5, 0.6) is 0 Å². The van der Waals surface area contributed by atoms with Crippen molar-refractivity contribution in [2.45, 2.75) is 25.9 Å². The molecule has 0 bridgehead atoms. The molecule has 2 rings (SSSR count). The molecule has 16 heavy (non-hydrogen) atoms. The molecule has 1 aromatic heterocycles. The topological polar surface area (TPSA) is 28.7 Å². The Hall–Kier alpha value is -1.22. The highest BCUT2D eigenvalue weighted by molar-refractivity contribution is 7.99. The van der Waals surface area contributed by atoms with Crippen molar-refractivity contribution in [1.82, 2.24) is 9.97 Å². The molecule has 0 saturated heterocycles. The molecule has 0 amide bonds. The molecule has 1 heterocycles. The van der Waals surface area contributed by atoms with Gasteiger partial charge in [0.2, 0.25) is 0 Å². The van der Waals surface area contributed by atoms with E-state index in [-0.39, 0.29) is 0 Å². The van der Waals surface area contributed by atoms with Crippen LogP contribution in [0.2, 0.25) is 0 Å². The number of aromatic amines is 1. The summed E-state index contributed by atoms with van der Waals surface area (Å²) in [5, 5.41) is 0.975. The van der Waals surface area contributed by atoms with Gasteiger partial charge >= 0.3 is 0 Å². The molecule has 0 radical (unpaired) electrons. The summed E-state index contributed by atoms with van der Waals surface area (Å²) in [5.41, 5.74) is 5.92. The van der Waals surface area contributed by atoms with Crippen molar-refractivity contribution in [1.29, 1.82) is 0 Å². The zero-order valence-electron chi connectivity index (χ0n) is 9.92. The van der Waals surface area contributed by atoms with Gasteiger partial charge in [-0.3, -0.25) is 0 Å². The predicted octanol–water partition coefficient (Wildman–Crippen LogP) is 3.85. The lowest BCUT2D eigenvalue weighted by Gasteiger charge is -1.97. The van der Waals surface area contributed by atoms with Crippen LogP contribution in [-0.2, 0) is 0 Å². The molecule has 0 aliphatic carbocycles. The van der Waals surface area contributed by atoms with Gasteiger partial charge in [-0.2, -0.15) is 0 Å². The Morgan fingerprint density at radius 1 is 1.38 bits per heavy atom. The first-order valence-electron chi connectivity index (χ1n) is 5.30. The molecule has 1 aromatic carbocycles. The van der Waals surface area contributed by atoms with Crippen molar-refractivity contribution in [3.63, 3.8) is 0 Å². The SMILES string of the molecule is C=C(C)CSc1nc2cc(C)c(C)cc2[nH]1. The van der Waals surface area contributed by atoms with E-state index in [1.807, 2.05) is 6.92 Å². The third-order valence-electron chi connectivity index (χ3n) is 2.53. The maximum absolute atomic E-state index is 4.55. The summed E-state index contributed by atoms with van der Waals surface area (Å²) in [7, 11) is 0. The molecular weight excluding hydrogens is 216 g/mol. The molecule has 0 atom stereocenters. The van der Waals surface area contributed by atoms with E-state index >= 15 is 0 Å². The number of rotatable bonds is 3. The van der Waals surface area contributed by atoms with Crippen LogP contribution in [0.25, 0.3) is 11.0 Å². The van der Waals surface area contributed by atoms with Crippen molar-refractivity contribution in [3.8, 4) is 0 Å². The molecule has 0 spiro atoms. The maximum atomic E-state index is 4.55. The van der Waals surface area contributed by atoms with Crippen LogP contribution >= 0.6 is 11.8 Å². The number of aromatic nitrogens is 2. The summed E-state index contributed by atoms with van der Waals surface area (Å²) in [6, 6.07) is 4.29. The molecule has 0 aliphatic rings. The maximum Gasteiger partial charge on any atom is 0.166 e. The number of fused-ring (bicyclic) bond motifs is 1. The highest BCUT2D eigenvalue weighted by Gasteiger charge is 2.05. The van der Waals surface area contributed by atoms with Gasteiger partial charge in [-0.1, -0.05) is 23.9 Å². The number of hydrogen-bond donors (Lipinski definition) is 1. The smallest absolute Gasteiger partial charge is 0.166 e. The quantitative estimate of drug-likeness (QED) is 0.643. The lowest BCUT2D eigenvalue weighted by Crippen LogP contribution is -1.80. The zero-order chi connectivity index (χ0) is 11.7. The zero-order valence-corrected chi connectivity index (χ0v) is 10.7. The van der Waals surface area contributed by atoms with E-state index in [9.17, 15) is 0 Å². The average molecular weight is 232 g/mol. The van der Waals surface area contributed by atoms with Crippen LogP contribution < -0.4 is 0 Å². The molecule has 1 N–H and O–H groups in total. The van der Waals surface area contributed by atoms with Crippen LogP contribution in [0.1, 0.15) is 18.1 Å². The van der Waals surface area contributed by atoms with Gasteiger partial charge in [-0.25, -0.2) is 4.98 Å². The summed E-state index contributed by atoms with van der Waals surface area (Å²) in [6.07, 6.45) is 0. The number of hydrogen-bond acceptors (Lipinski definition) is 2. The Bertz CT molecular complexity index is 501. The number of nitrogens with zero attached hydrogens (tertiary/aromatic N) is 1. The largest absolute Gasteiger partial charge is 0.333 e. The van der Waals surface area contributed by atoms with Gasteiger partial charge in [-0.05, 0) is 44.0 Å². The van der Waals surface area contributed by atoms with Gasteiger partial charge in [0, 0.05) is 5.75 Å². The second-order valence-corrected chi connectivity index (χ2v) is 5.21. The van der Waals surface area contributed by atoms with E-state index in [1.165, 1.54) is 11.1 Å². The van der Waals surface area contributed by atoms with Crippen molar-refractivity contribution in [2.24, 2.45) is 0 Å². The number of thioether (sulfide) groups is 1. The number of nitrogens with one attached hydrogen (secondary N) is 1. The van der Waals surface area contributed by atoms with Crippen molar-refractivity contribution < 1.29 is 0 Å². The van der Waals surface area contributed by atoms with E-state index in [2.05, 4.69) is 42.5 Å². The van der Waals surface area contributed by atoms with Gasteiger partial charge in [0.15, 0.2) is 5.16 Å². The molecule has 0 aliphatic heterocycles. The third kappa shape index (κ3) is 2.30. The van der Waals surface area contributed by atoms with E-state index < -0.39 is 0 Å². The fraction of sp³-hybridized carbons (Fsp3) is 0.308. The van der Waals surface area contributed by atoms with Crippen LogP contribution in [0.4, 0.5) is 0 Å². The molecule has 0 fully saturated rings. The number of H-pyrrole nitrogens is 1. The Kier molecular flexibility index (Phi) is 3.06. The van der Waals surface area contributed by atoms with Gasteiger partial charge in [0.1, 0.15) is 0 Å². The number of aryl methyl sites for hydroxylation is 2. The first kappa shape index (κ1) is 11.3. The van der Waals surface area contributed by atoms with E-state index in [0.717, 1.165) is 27.5 Å². The van der Waals surface area contributed by atoms with Crippen molar-refractivity contribution in [3.05, 3.63) is 35.4 Å². The van der Waals surface area contributed by atoms with Crippen LogP contribution in [-0.4, -0.2) is 15.7 Å². The first-order chi connectivity index (χ1) is 7.56. The van der Waals surface area contributed by atoms with Gasteiger partial charge in [0.25, 0.3) is 0 Å². The predicted molar refractivity (Wildman–Crippen MR) is 71.1 cm³/mol. The fourth-order valence-electron chi connectivity index (χ4n) is 1.51. The molecule has 0 saturated carbocycles. The van der Waals surface area contributed by atoms with Crippen LogP contribution in [0.3, 0.4) is 0 Å². The van der Waals surface area contributed by atoms with Crippen molar-refractivity contribution in [2.75, 3.05) is 5.75 Å². The van der Waals surface area contributed by atoms with Crippen molar-refractivity contribution >= 4 is 22.8 Å². The molecule has 2 aromatic rings. The summed E-state index contributed by atoms with van der Waals surface area (Å²) in [5.74, 6) is 0.914. The molecular formula is C13H16N2S. The van der Waals surface area contributed by atoms with Gasteiger partial charge in [0.05, 0.1) is 11.0 Å².